The highest BCUT2D eigenvalue weighted by Crippen LogP contribution is 2.53. The molecule has 11 nitrogen and oxygen atoms in total. The fourth-order valence-electron chi connectivity index (χ4n) is 5.72. The van der Waals surface area contributed by atoms with Crippen LogP contribution in [0.3, 0.4) is 0 Å². The van der Waals surface area contributed by atoms with Gasteiger partial charge < -0.3 is 45.6 Å². The van der Waals surface area contributed by atoms with Crippen LogP contribution in [0.15, 0.2) is 54.9 Å². The van der Waals surface area contributed by atoms with Crippen LogP contribution in [0.25, 0.3) is 11.1 Å². The fourth-order valence-corrected chi connectivity index (χ4v) is 5.96. The van der Waals surface area contributed by atoms with Crippen molar-refractivity contribution in [3.8, 4) is 16.9 Å². The van der Waals surface area contributed by atoms with Gasteiger partial charge in [0.05, 0.1) is 31.0 Å². The van der Waals surface area contributed by atoms with Crippen molar-refractivity contribution in [2.45, 2.75) is 94.6 Å². The number of urea groups is 1. The number of nitrogens with zero attached hydrogens (tertiary/aromatic N) is 1. The number of carbonyl (C=O) groups is 1. The predicted octanol–water partition coefficient (Wildman–Crippen LogP) is 3.52. The molecule has 1 heterocycles. The van der Waals surface area contributed by atoms with Crippen LogP contribution in [0, 0.1) is 6.92 Å². The maximum atomic E-state index is 12.1. The second kappa shape index (κ2) is 16.4. The first-order valence-corrected chi connectivity index (χ1v) is 17.0. The number of rotatable bonds is 18. The van der Waals surface area contributed by atoms with E-state index in [1.165, 1.54) is 0 Å². The number of para-hydroxylation sites is 1. The molecule has 2 aliphatic rings. The van der Waals surface area contributed by atoms with Crippen LogP contribution >= 0.6 is 11.6 Å². The van der Waals surface area contributed by atoms with Gasteiger partial charge in [-0.2, -0.15) is 0 Å². The highest BCUT2D eigenvalue weighted by atomic mass is 35.5. The Morgan fingerprint density at radius 2 is 1.75 bits per heavy atom. The average molecular weight is 684 g/mol. The van der Waals surface area contributed by atoms with Gasteiger partial charge >= 0.3 is 6.03 Å². The lowest BCUT2D eigenvalue weighted by Crippen LogP contribution is -2.50. The Bertz CT molecular complexity index is 1530. The Morgan fingerprint density at radius 1 is 1.00 bits per heavy atom. The zero-order valence-corrected chi connectivity index (χ0v) is 27.9. The number of pyridine rings is 1. The fraction of sp³-hybridized carbons (Fsp3) is 0.500. The van der Waals surface area contributed by atoms with Gasteiger partial charge in [-0.05, 0) is 92.3 Å². The number of unbranched alkanes of at least 4 members (excludes halogenated alkanes) is 1. The van der Waals surface area contributed by atoms with E-state index in [0.29, 0.717) is 30.7 Å². The number of benzene rings is 2. The van der Waals surface area contributed by atoms with E-state index in [1.807, 2.05) is 42.7 Å². The summed E-state index contributed by atoms with van der Waals surface area (Å²) in [6.45, 7) is 1.71. The summed E-state index contributed by atoms with van der Waals surface area (Å²) in [7, 11) is 0. The Balaban J connectivity index is 1.09. The number of halogens is 1. The lowest BCUT2D eigenvalue weighted by molar-refractivity contribution is -0.113. The monoisotopic (exact) mass is 683 g/mol. The van der Waals surface area contributed by atoms with E-state index in [1.54, 1.807) is 0 Å². The van der Waals surface area contributed by atoms with Crippen LogP contribution in [0.1, 0.15) is 60.8 Å². The number of aryl methyl sites for hydroxylation is 2. The summed E-state index contributed by atoms with van der Waals surface area (Å²) in [5.74, 6) is 0.891. The smallest absolute Gasteiger partial charge is 0.314 e. The third-order valence-corrected chi connectivity index (χ3v) is 9.33. The van der Waals surface area contributed by atoms with Crippen molar-refractivity contribution in [1.82, 2.24) is 15.6 Å². The van der Waals surface area contributed by atoms with Crippen molar-refractivity contribution in [2.24, 2.45) is 0 Å². The summed E-state index contributed by atoms with van der Waals surface area (Å²) in [5.41, 5.74) is 5.93. The minimum absolute atomic E-state index is 0.297. The zero-order valence-electron chi connectivity index (χ0n) is 27.1. The zero-order chi connectivity index (χ0) is 34.3. The first kappa shape index (κ1) is 36.0. The molecule has 2 fully saturated rings. The second-order valence-corrected chi connectivity index (χ2v) is 13.2. The molecule has 7 N–H and O–H groups in total. The number of amides is 2. The molecule has 2 aromatic carbocycles. The molecular formula is C36H46ClN3O8. The molecule has 12 heteroatoms. The van der Waals surface area contributed by atoms with E-state index < -0.39 is 42.7 Å². The van der Waals surface area contributed by atoms with Crippen LogP contribution < -0.4 is 15.4 Å². The summed E-state index contributed by atoms with van der Waals surface area (Å²) in [5, 5.41) is 53.5. The normalized spacial score (nSPS) is 17.6. The number of nitrogens with one attached hydrogen (secondary N) is 2. The molecule has 48 heavy (non-hydrogen) atoms. The number of hydrogen-bond acceptors (Lipinski definition) is 9. The molecule has 5 rings (SSSR count). The molecule has 0 saturated heterocycles. The quantitative estimate of drug-likeness (QED) is 0.0991. The van der Waals surface area contributed by atoms with Crippen molar-refractivity contribution >= 4 is 17.6 Å². The van der Waals surface area contributed by atoms with E-state index in [-0.39, 0.29) is 6.54 Å². The van der Waals surface area contributed by atoms with Gasteiger partial charge in [0.25, 0.3) is 0 Å². The third kappa shape index (κ3) is 9.23. The molecule has 4 atom stereocenters. The van der Waals surface area contributed by atoms with Crippen LogP contribution in [-0.4, -0.2) is 86.8 Å². The van der Waals surface area contributed by atoms with Gasteiger partial charge in [0, 0.05) is 41.6 Å². The molecule has 2 saturated carbocycles. The highest BCUT2D eigenvalue weighted by molar-refractivity contribution is 6.31. The Morgan fingerprint density at radius 3 is 2.48 bits per heavy atom. The maximum Gasteiger partial charge on any atom is 0.314 e. The standard InChI is InChI=1S/C36H46ClN3O8/c1-22-16-24(29(37)17-23(22)6-4-5-14-39-35(46)40-19-30(42)33(44)34(45)31(43)20-41)21-47-36(12-13-36)28-18-38-15-11-26(28)27-7-2-3-8-32(27)48-25-9-10-25/h2-3,7-8,11,15-18,25,30-31,33-34,41-45H,4-6,9-10,12-14,19-21H2,1H3,(H2,39,40,46)/t30-,31+,33+,34+/m0/s1. The number of hydrogen-bond donors (Lipinski definition) is 7. The minimum Gasteiger partial charge on any atom is -0.490 e. The van der Waals surface area contributed by atoms with E-state index in [2.05, 4.69) is 34.7 Å². The van der Waals surface area contributed by atoms with Crippen LogP contribution in [0.4, 0.5) is 4.79 Å². The van der Waals surface area contributed by atoms with E-state index in [9.17, 15) is 25.2 Å². The molecule has 0 unspecified atom stereocenters. The van der Waals surface area contributed by atoms with Gasteiger partial charge in [0.15, 0.2) is 0 Å². The molecule has 0 bridgehead atoms. The van der Waals surface area contributed by atoms with Crippen molar-refractivity contribution in [3.63, 3.8) is 0 Å². The summed E-state index contributed by atoms with van der Waals surface area (Å²) >= 11 is 6.75. The average Bonchev–Trinajstić information content (AvgIpc) is 4.04. The first-order valence-electron chi connectivity index (χ1n) is 16.6. The molecule has 2 aliphatic carbocycles. The summed E-state index contributed by atoms with van der Waals surface area (Å²) in [6.07, 6.45) is 3.69. The molecule has 2 amide bonds. The van der Waals surface area contributed by atoms with E-state index in [4.69, 9.17) is 26.2 Å². The van der Waals surface area contributed by atoms with Crippen LogP contribution in [0.5, 0.6) is 5.75 Å². The number of aromatic nitrogens is 1. The highest BCUT2D eigenvalue weighted by Gasteiger charge is 2.48. The van der Waals surface area contributed by atoms with Gasteiger partial charge in [-0.25, -0.2) is 4.79 Å². The number of aliphatic hydroxyl groups excluding tert-OH is 5. The number of ether oxygens (including phenoxy) is 2. The molecule has 3 aromatic rings. The maximum absolute atomic E-state index is 12.1. The summed E-state index contributed by atoms with van der Waals surface area (Å²) in [4.78, 5) is 16.5. The SMILES string of the molecule is Cc1cc(COC2(c3cnccc3-c3ccccc3OC3CC3)CC2)c(Cl)cc1CCCCNC(=O)NC[C@H](O)[C@@H](O)[C@H](O)[C@H](O)CO. The Kier molecular flexibility index (Phi) is 12.3. The van der Waals surface area contributed by atoms with Crippen molar-refractivity contribution in [2.75, 3.05) is 19.7 Å². The first-order chi connectivity index (χ1) is 23.1. The van der Waals surface area contributed by atoms with Gasteiger partial charge in [0.1, 0.15) is 24.1 Å². The van der Waals surface area contributed by atoms with Gasteiger partial charge in [-0.15, -0.1) is 0 Å². The largest absolute Gasteiger partial charge is 0.490 e. The topological polar surface area (TPSA) is 174 Å². The van der Waals surface area contributed by atoms with Crippen LogP contribution in [-0.2, 0) is 23.4 Å². The summed E-state index contributed by atoms with van der Waals surface area (Å²) in [6, 6.07) is 13.7. The predicted molar refractivity (Wildman–Crippen MR) is 181 cm³/mol. The number of carbonyl (C=O) groups excluding carboxylic acids is 1. The van der Waals surface area contributed by atoms with Gasteiger partial charge in [-0.3, -0.25) is 4.98 Å². The van der Waals surface area contributed by atoms with Crippen molar-refractivity contribution in [1.29, 1.82) is 0 Å². The lowest BCUT2D eigenvalue weighted by atomic mass is 9.96. The van der Waals surface area contributed by atoms with E-state index >= 15 is 0 Å². The third-order valence-electron chi connectivity index (χ3n) is 8.98. The van der Waals surface area contributed by atoms with Crippen molar-refractivity contribution in [3.05, 3.63) is 82.1 Å². The van der Waals surface area contributed by atoms with Gasteiger partial charge in [0.2, 0.25) is 0 Å². The second-order valence-electron chi connectivity index (χ2n) is 12.8. The van der Waals surface area contributed by atoms with Crippen molar-refractivity contribution < 1.29 is 39.8 Å². The molecular weight excluding hydrogens is 638 g/mol. The van der Waals surface area contributed by atoms with Crippen LogP contribution in [0.2, 0.25) is 5.02 Å². The van der Waals surface area contributed by atoms with E-state index in [0.717, 1.165) is 77.7 Å². The molecule has 0 spiro atoms. The molecule has 0 radical (unpaired) electrons. The number of aliphatic hydroxyl groups is 5. The Labute approximate surface area is 285 Å². The Hall–Kier alpha value is -3.29. The van der Waals surface area contributed by atoms with Gasteiger partial charge in [-0.1, -0.05) is 35.9 Å². The summed E-state index contributed by atoms with van der Waals surface area (Å²) < 4.78 is 12.8. The molecule has 1 aromatic heterocycles. The molecule has 260 valence electrons. The lowest BCUT2D eigenvalue weighted by Gasteiger charge is -2.25. The minimum atomic E-state index is -1.75. The molecule has 0 aliphatic heterocycles.